The molecular formula is C22H22N2O4S. The molecule has 0 saturated carbocycles. The SMILES string of the molecule is CN1C(=O)c2cccc3c(S(=O)(=O)NCC(CO)Cc4ccccc4)ccc1c23. The molecule has 0 radical (unpaired) electrons. The molecule has 29 heavy (non-hydrogen) atoms. The number of sulfonamides is 1. The number of aliphatic hydroxyl groups is 1. The Morgan fingerprint density at radius 3 is 2.52 bits per heavy atom. The van der Waals surface area contributed by atoms with Crippen molar-refractivity contribution in [3.05, 3.63) is 71.8 Å². The lowest BCUT2D eigenvalue weighted by Crippen LogP contribution is -2.32. The van der Waals surface area contributed by atoms with E-state index in [0.29, 0.717) is 28.4 Å². The number of anilines is 1. The molecule has 3 aromatic rings. The van der Waals surface area contributed by atoms with Crippen LogP contribution in [0.1, 0.15) is 15.9 Å². The number of nitrogens with one attached hydrogen (secondary N) is 1. The first-order valence-corrected chi connectivity index (χ1v) is 10.9. The second-order valence-corrected chi connectivity index (χ2v) is 9.00. The summed E-state index contributed by atoms with van der Waals surface area (Å²) in [6.45, 7) is -0.00393. The van der Waals surface area contributed by atoms with Crippen molar-refractivity contribution in [3.8, 4) is 0 Å². The molecule has 6 nitrogen and oxygen atoms in total. The first-order chi connectivity index (χ1) is 13.9. The van der Waals surface area contributed by atoms with Crippen LogP contribution in [0.25, 0.3) is 10.8 Å². The number of carbonyl (C=O) groups is 1. The minimum absolute atomic E-state index is 0.121. The van der Waals surface area contributed by atoms with Crippen LogP contribution in [0.2, 0.25) is 0 Å². The van der Waals surface area contributed by atoms with Crippen molar-refractivity contribution in [2.24, 2.45) is 5.92 Å². The maximum absolute atomic E-state index is 13.0. The lowest BCUT2D eigenvalue weighted by atomic mass is 10.0. The van der Waals surface area contributed by atoms with Gasteiger partial charge < -0.3 is 10.0 Å². The van der Waals surface area contributed by atoms with Crippen LogP contribution in [0, 0.1) is 5.92 Å². The quantitative estimate of drug-likeness (QED) is 0.627. The monoisotopic (exact) mass is 410 g/mol. The van der Waals surface area contributed by atoms with E-state index >= 15 is 0 Å². The molecule has 0 aliphatic carbocycles. The molecule has 7 heteroatoms. The number of hydrogen-bond acceptors (Lipinski definition) is 4. The van der Waals surface area contributed by atoms with Crippen LogP contribution in [0.4, 0.5) is 5.69 Å². The molecule has 0 bridgehead atoms. The van der Waals surface area contributed by atoms with Crippen LogP contribution < -0.4 is 9.62 Å². The van der Waals surface area contributed by atoms with Crippen molar-refractivity contribution in [2.75, 3.05) is 25.1 Å². The third kappa shape index (κ3) is 3.53. The Morgan fingerprint density at radius 1 is 1.03 bits per heavy atom. The molecule has 0 fully saturated rings. The first-order valence-electron chi connectivity index (χ1n) is 9.40. The summed E-state index contributed by atoms with van der Waals surface area (Å²) in [5.41, 5.74) is 2.25. The van der Waals surface area contributed by atoms with Gasteiger partial charge in [0.25, 0.3) is 5.91 Å². The van der Waals surface area contributed by atoms with Crippen LogP contribution in [0.15, 0.2) is 65.6 Å². The maximum atomic E-state index is 13.0. The summed E-state index contributed by atoms with van der Waals surface area (Å²) < 4.78 is 28.7. The van der Waals surface area contributed by atoms with E-state index in [2.05, 4.69) is 4.72 Å². The van der Waals surface area contributed by atoms with E-state index in [0.717, 1.165) is 5.56 Å². The molecule has 1 amide bonds. The van der Waals surface area contributed by atoms with Gasteiger partial charge in [0.1, 0.15) is 0 Å². The predicted octanol–water partition coefficient (Wildman–Crippen LogP) is 2.56. The minimum Gasteiger partial charge on any atom is -0.396 e. The molecule has 0 aromatic heterocycles. The molecule has 2 N–H and O–H groups in total. The van der Waals surface area contributed by atoms with Gasteiger partial charge >= 0.3 is 0 Å². The zero-order valence-corrected chi connectivity index (χ0v) is 16.8. The highest BCUT2D eigenvalue weighted by molar-refractivity contribution is 7.89. The Labute approximate surface area is 169 Å². The first kappa shape index (κ1) is 19.6. The van der Waals surface area contributed by atoms with Gasteiger partial charge in [-0.05, 0) is 36.1 Å². The van der Waals surface area contributed by atoms with Crippen molar-refractivity contribution in [2.45, 2.75) is 11.3 Å². The van der Waals surface area contributed by atoms with Gasteiger partial charge in [-0.25, -0.2) is 13.1 Å². The highest BCUT2D eigenvalue weighted by Crippen LogP contribution is 2.39. The van der Waals surface area contributed by atoms with E-state index in [1.165, 1.54) is 11.0 Å². The fourth-order valence-corrected chi connectivity index (χ4v) is 5.11. The van der Waals surface area contributed by atoms with Crippen molar-refractivity contribution in [3.63, 3.8) is 0 Å². The molecule has 1 aliphatic rings. The second-order valence-electron chi connectivity index (χ2n) is 7.27. The van der Waals surface area contributed by atoms with E-state index in [-0.39, 0.29) is 29.9 Å². The normalized spacial score (nSPS) is 14.6. The maximum Gasteiger partial charge on any atom is 0.258 e. The Hall–Kier alpha value is -2.74. The highest BCUT2D eigenvalue weighted by Gasteiger charge is 2.30. The van der Waals surface area contributed by atoms with Crippen LogP contribution in [0.3, 0.4) is 0 Å². The largest absolute Gasteiger partial charge is 0.396 e. The Kier molecular flexibility index (Phi) is 5.12. The molecule has 1 aliphatic heterocycles. The van der Waals surface area contributed by atoms with Crippen molar-refractivity contribution in [1.82, 2.24) is 4.72 Å². The summed E-state index contributed by atoms with van der Waals surface area (Å²) in [5, 5.41) is 10.9. The summed E-state index contributed by atoms with van der Waals surface area (Å²) in [4.78, 5) is 14.1. The zero-order chi connectivity index (χ0) is 20.6. The average Bonchev–Trinajstić information content (AvgIpc) is 2.98. The van der Waals surface area contributed by atoms with E-state index < -0.39 is 10.0 Å². The minimum atomic E-state index is -3.82. The van der Waals surface area contributed by atoms with Gasteiger partial charge in [-0.1, -0.05) is 42.5 Å². The van der Waals surface area contributed by atoms with Crippen molar-refractivity contribution < 1.29 is 18.3 Å². The molecule has 1 unspecified atom stereocenters. The van der Waals surface area contributed by atoms with E-state index in [9.17, 15) is 18.3 Å². The number of amides is 1. The third-order valence-corrected chi connectivity index (χ3v) is 6.83. The summed E-state index contributed by atoms with van der Waals surface area (Å²) in [5.74, 6) is -0.381. The van der Waals surface area contributed by atoms with E-state index in [1.807, 2.05) is 30.3 Å². The van der Waals surface area contributed by atoms with Crippen molar-refractivity contribution >= 4 is 32.4 Å². The summed E-state index contributed by atoms with van der Waals surface area (Å²) in [6, 6.07) is 18.0. The van der Waals surface area contributed by atoms with Gasteiger partial charge in [0, 0.05) is 36.5 Å². The van der Waals surface area contributed by atoms with E-state index in [1.54, 1.807) is 31.3 Å². The van der Waals surface area contributed by atoms with Gasteiger partial charge in [0.15, 0.2) is 0 Å². The summed E-state index contributed by atoms with van der Waals surface area (Å²) in [7, 11) is -2.14. The van der Waals surface area contributed by atoms with E-state index in [4.69, 9.17) is 0 Å². The zero-order valence-electron chi connectivity index (χ0n) is 16.0. The molecule has 3 aromatic carbocycles. The fourth-order valence-electron chi connectivity index (χ4n) is 3.80. The number of nitrogens with zero attached hydrogens (tertiary/aromatic N) is 1. The summed E-state index contributed by atoms with van der Waals surface area (Å²) >= 11 is 0. The van der Waals surface area contributed by atoms with Gasteiger partial charge in [0.2, 0.25) is 10.0 Å². The predicted molar refractivity (Wildman–Crippen MR) is 113 cm³/mol. The lowest BCUT2D eigenvalue weighted by molar-refractivity contribution is 0.0999. The number of carbonyl (C=O) groups excluding carboxylic acids is 1. The van der Waals surface area contributed by atoms with Crippen molar-refractivity contribution in [1.29, 1.82) is 0 Å². The molecule has 150 valence electrons. The highest BCUT2D eigenvalue weighted by atomic mass is 32.2. The third-order valence-electron chi connectivity index (χ3n) is 5.35. The van der Waals surface area contributed by atoms with Gasteiger partial charge in [0.05, 0.1) is 10.6 Å². The smallest absolute Gasteiger partial charge is 0.258 e. The average molecular weight is 410 g/mol. The van der Waals surface area contributed by atoms with Gasteiger partial charge in [-0.3, -0.25) is 4.79 Å². The fraction of sp³-hybridized carbons (Fsp3) is 0.227. The van der Waals surface area contributed by atoms with Crippen LogP contribution in [0.5, 0.6) is 0 Å². The summed E-state index contributed by atoms with van der Waals surface area (Å²) in [6.07, 6.45) is 0.572. The number of hydrogen-bond donors (Lipinski definition) is 2. The molecule has 0 spiro atoms. The number of aliphatic hydroxyl groups excluding tert-OH is 1. The lowest BCUT2D eigenvalue weighted by Gasteiger charge is -2.17. The Balaban J connectivity index is 1.61. The van der Waals surface area contributed by atoms with Gasteiger partial charge in [-0.2, -0.15) is 0 Å². The number of rotatable bonds is 7. The number of benzene rings is 3. The molecule has 4 rings (SSSR count). The Bertz CT molecular complexity index is 1180. The molecule has 1 atom stereocenters. The molecular weight excluding hydrogens is 388 g/mol. The topological polar surface area (TPSA) is 86.7 Å². The standard InChI is InChI=1S/C22H22N2O4S/c1-24-19-10-11-20(17-8-5-9-18(21(17)19)22(24)26)29(27,28)23-13-16(14-25)12-15-6-3-2-4-7-15/h2-11,16,23,25H,12-14H2,1H3. The molecule has 0 saturated heterocycles. The molecule has 1 heterocycles. The second kappa shape index (κ2) is 7.59. The van der Waals surface area contributed by atoms with Gasteiger partial charge in [-0.15, -0.1) is 0 Å². The Morgan fingerprint density at radius 2 is 1.79 bits per heavy atom. The van der Waals surface area contributed by atoms with Crippen LogP contribution in [-0.2, 0) is 16.4 Å². The van der Waals surface area contributed by atoms with Crippen LogP contribution in [-0.4, -0.2) is 39.6 Å². The van der Waals surface area contributed by atoms with Crippen LogP contribution >= 0.6 is 0 Å².